The van der Waals surface area contributed by atoms with E-state index in [-0.39, 0.29) is 5.92 Å². The fourth-order valence-corrected chi connectivity index (χ4v) is 2.66. The molecule has 3 rings (SSSR count). The maximum atomic E-state index is 12.1. The molecule has 1 aromatic rings. The second-order valence-corrected chi connectivity index (χ2v) is 4.92. The first kappa shape index (κ1) is 10.6. The highest BCUT2D eigenvalue weighted by atomic mass is 16.2. The van der Waals surface area contributed by atoms with E-state index in [0.29, 0.717) is 11.9 Å². The Bertz CT molecular complexity index is 449. The summed E-state index contributed by atoms with van der Waals surface area (Å²) < 4.78 is 2.16. The molecule has 1 aliphatic carbocycles. The van der Waals surface area contributed by atoms with Crippen LogP contribution in [0, 0.1) is 12.8 Å². The molecular weight excluding hydrogens is 214 g/mol. The van der Waals surface area contributed by atoms with Crippen LogP contribution in [-0.4, -0.2) is 33.4 Å². The van der Waals surface area contributed by atoms with Crippen molar-refractivity contribution < 1.29 is 4.79 Å². The van der Waals surface area contributed by atoms with Crippen molar-refractivity contribution in [2.75, 3.05) is 13.1 Å². The largest absolute Gasteiger partial charge is 0.338 e. The molecule has 0 unspecified atom stereocenters. The van der Waals surface area contributed by atoms with Gasteiger partial charge in [0.05, 0.1) is 6.04 Å². The van der Waals surface area contributed by atoms with Gasteiger partial charge in [-0.2, -0.15) is 0 Å². The van der Waals surface area contributed by atoms with Crippen molar-refractivity contribution in [3.05, 3.63) is 30.4 Å². The van der Waals surface area contributed by atoms with Crippen LogP contribution in [0.1, 0.15) is 24.7 Å². The normalized spacial score (nSPS) is 20.9. The number of hydrogen-bond acceptors (Lipinski definition) is 2. The van der Waals surface area contributed by atoms with E-state index < -0.39 is 0 Å². The summed E-state index contributed by atoms with van der Waals surface area (Å²) in [6.45, 7) is 3.68. The first-order valence-corrected chi connectivity index (χ1v) is 6.19. The summed E-state index contributed by atoms with van der Waals surface area (Å²) >= 11 is 0. The van der Waals surface area contributed by atoms with Crippen LogP contribution in [0.15, 0.2) is 24.5 Å². The molecule has 0 spiro atoms. The molecule has 0 radical (unpaired) electrons. The number of aromatic nitrogens is 2. The van der Waals surface area contributed by atoms with Gasteiger partial charge in [-0.3, -0.25) is 4.79 Å². The molecule has 1 fully saturated rings. The molecule has 1 aromatic heterocycles. The van der Waals surface area contributed by atoms with E-state index in [9.17, 15) is 4.79 Å². The van der Waals surface area contributed by atoms with Crippen LogP contribution in [0.2, 0.25) is 0 Å². The number of rotatable bonds is 2. The summed E-state index contributed by atoms with van der Waals surface area (Å²) in [4.78, 5) is 18.3. The molecule has 1 aliphatic heterocycles. The monoisotopic (exact) mass is 231 g/mol. The zero-order valence-corrected chi connectivity index (χ0v) is 10.0. The molecule has 90 valence electrons. The number of hydrogen-bond donors (Lipinski definition) is 0. The first-order valence-electron chi connectivity index (χ1n) is 6.19. The summed E-state index contributed by atoms with van der Waals surface area (Å²) in [5.74, 6) is 1.56. The number of likely N-dealkylation sites (tertiary alicyclic amines) is 1. The van der Waals surface area contributed by atoms with Crippen molar-refractivity contribution in [3.63, 3.8) is 0 Å². The summed E-state index contributed by atoms with van der Waals surface area (Å²) in [5.41, 5.74) is 0. The maximum absolute atomic E-state index is 12.1. The van der Waals surface area contributed by atoms with Crippen LogP contribution < -0.4 is 0 Å². The van der Waals surface area contributed by atoms with Gasteiger partial charge < -0.3 is 9.47 Å². The van der Waals surface area contributed by atoms with Gasteiger partial charge >= 0.3 is 0 Å². The average Bonchev–Trinajstić information content (AvgIpc) is 2.87. The van der Waals surface area contributed by atoms with Gasteiger partial charge in [-0.1, -0.05) is 12.2 Å². The van der Waals surface area contributed by atoms with Crippen LogP contribution in [0.5, 0.6) is 0 Å². The number of aryl methyl sites for hydroxylation is 1. The SMILES string of the molecule is Cc1nccn1C1CN(C(=O)C2CC=CC2)C1. The van der Waals surface area contributed by atoms with Crippen molar-refractivity contribution in [2.45, 2.75) is 25.8 Å². The highest BCUT2D eigenvalue weighted by Crippen LogP contribution is 2.27. The Labute approximate surface area is 101 Å². The summed E-state index contributed by atoms with van der Waals surface area (Å²) in [7, 11) is 0. The quantitative estimate of drug-likeness (QED) is 0.724. The van der Waals surface area contributed by atoms with Gasteiger partial charge in [0.25, 0.3) is 0 Å². The lowest BCUT2D eigenvalue weighted by molar-refractivity contribution is -0.141. The van der Waals surface area contributed by atoms with Gasteiger partial charge in [0.1, 0.15) is 5.82 Å². The molecule has 0 aromatic carbocycles. The number of carbonyl (C=O) groups excluding carboxylic acids is 1. The lowest BCUT2D eigenvalue weighted by atomic mass is 10.0. The summed E-state index contributed by atoms with van der Waals surface area (Å²) in [5, 5.41) is 0. The van der Waals surface area contributed by atoms with Crippen LogP contribution in [-0.2, 0) is 4.79 Å². The Morgan fingerprint density at radius 3 is 2.65 bits per heavy atom. The molecule has 0 bridgehead atoms. The second kappa shape index (κ2) is 4.02. The number of nitrogens with zero attached hydrogens (tertiary/aromatic N) is 3. The predicted octanol–water partition coefficient (Wildman–Crippen LogP) is 1.54. The number of amides is 1. The van der Waals surface area contributed by atoms with Gasteiger partial charge in [0, 0.05) is 31.4 Å². The van der Waals surface area contributed by atoms with E-state index in [1.54, 1.807) is 0 Å². The number of carbonyl (C=O) groups is 1. The average molecular weight is 231 g/mol. The molecule has 4 heteroatoms. The van der Waals surface area contributed by atoms with Crippen molar-refractivity contribution in [2.24, 2.45) is 5.92 Å². The van der Waals surface area contributed by atoms with Crippen LogP contribution >= 0.6 is 0 Å². The first-order chi connectivity index (χ1) is 8.25. The topological polar surface area (TPSA) is 38.1 Å². The molecule has 1 saturated heterocycles. The van der Waals surface area contributed by atoms with Crippen LogP contribution in [0.3, 0.4) is 0 Å². The standard InChI is InChI=1S/C13H17N3O/c1-10-14-6-7-16(10)12-8-15(9-12)13(17)11-4-2-3-5-11/h2-3,6-7,11-12H,4-5,8-9H2,1H3. The molecule has 1 amide bonds. The second-order valence-electron chi connectivity index (χ2n) is 4.92. The lowest BCUT2D eigenvalue weighted by Crippen LogP contribution is -2.52. The molecule has 4 nitrogen and oxygen atoms in total. The maximum Gasteiger partial charge on any atom is 0.226 e. The van der Waals surface area contributed by atoms with E-state index in [0.717, 1.165) is 31.8 Å². The minimum Gasteiger partial charge on any atom is -0.338 e. The zero-order valence-electron chi connectivity index (χ0n) is 10.0. The Morgan fingerprint density at radius 2 is 2.06 bits per heavy atom. The minimum absolute atomic E-state index is 0.208. The van der Waals surface area contributed by atoms with Crippen molar-refractivity contribution >= 4 is 5.91 Å². The summed E-state index contributed by atoms with van der Waals surface area (Å²) in [6.07, 6.45) is 9.88. The van der Waals surface area contributed by atoms with Gasteiger partial charge in [-0.25, -0.2) is 4.98 Å². The van der Waals surface area contributed by atoms with Crippen molar-refractivity contribution in [1.29, 1.82) is 0 Å². The third-order valence-electron chi connectivity index (χ3n) is 3.79. The Kier molecular flexibility index (Phi) is 2.50. The van der Waals surface area contributed by atoms with Gasteiger partial charge in [0.2, 0.25) is 5.91 Å². The van der Waals surface area contributed by atoms with Crippen LogP contribution in [0.25, 0.3) is 0 Å². The zero-order chi connectivity index (χ0) is 11.8. The molecule has 0 saturated carbocycles. The third-order valence-corrected chi connectivity index (χ3v) is 3.79. The number of imidazole rings is 1. The van der Waals surface area contributed by atoms with Gasteiger partial charge in [-0.15, -0.1) is 0 Å². The Balaban J connectivity index is 1.58. The van der Waals surface area contributed by atoms with E-state index in [1.165, 1.54) is 0 Å². The molecule has 0 N–H and O–H groups in total. The smallest absolute Gasteiger partial charge is 0.226 e. The predicted molar refractivity (Wildman–Crippen MR) is 64.4 cm³/mol. The van der Waals surface area contributed by atoms with E-state index >= 15 is 0 Å². The lowest BCUT2D eigenvalue weighted by Gasteiger charge is -2.41. The molecule has 2 heterocycles. The molecular formula is C13H17N3O. The highest BCUT2D eigenvalue weighted by Gasteiger charge is 2.35. The minimum atomic E-state index is 0.208. The fourth-order valence-electron chi connectivity index (χ4n) is 2.66. The van der Waals surface area contributed by atoms with E-state index in [1.807, 2.05) is 24.2 Å². The molecule has 2 aliphatic rings. The van der Waals surface area contributed by atoms with Crippen LogP contribution in [0.4, 0.5) is 0 Å². The molecule has 0 atom stereocenters. The fraction of sp³-hybridized carbons (Fsp3) is 0.538. The Hall–Kier alpha value is -1.58. The van der Waals surface area contributed by atoms with E-state index in [4.69, 9.17) is 0 Å². The number of allylic oxidation sites excluding steroid dienone is 2. The molecule has 17 heavy (non-hydrogen) atoms. The Morgan fingerprint density at radius 1 is 1.35 bits per heavy atom. The van der Waals surface area contributed by atoms with Gasteiger partial charge in [0.15, 0.2) is 0 Å². The van der Waals surface area contributed by atoms with Crippen molar-refractivity contribution in [1.82, 2.24) is 14.5 Å². The van der Waals surface area contributed by atoms with E-state index in [2.05, 4.69) is 21.7 Å². The third kappa shape index (κ3) is 1.77. The summed E-state index contributed by atoms with van der Waals surface area (Å²) in [6, 6.07) is 0.427. The highest BCUT2D eigenvalue weighted by molar-refractivity contribution is 5.80. The van der Waals surface area contributed by atoms with Crippen molar-refractivity contribution in [3.8, 4) is 0 Å². The van der Waals surface area contributed by atoms with Gasteiger partial charge in [-0.05, 0) is 19.8 Å².